The number of hydrogen-bond donors (Lipinski definition) is 0. The molecule has 0 spiro atoms. The largest absolute Gasteiger partial charge is 0.364 e. The van der Waals surface area contributed by atoms with Crippen molar-refractivity contribution in [1.82, 2.24) is 19.2 Å². The Morgan fingerprint density at radius 1 is 1.20 bits per heavy atom. The Hall–Kier alpha value is -3.11. The smallest absolute Gasteiger partial charge is 0.252 e. The Labute approximate surface area is 176 Å². The highest BCUT2D eigenvalue weighted by Crippen LogP contribution is 2.32. The summed E-state index contributed by atoms with van der Waals surface area (Å²) in [4.78, 5) is 17.5. The Balaban J connectivity index is 1.68. The van der Waals surface area contributed by atoms with Gasteiger partial charge in [-0.15, -0.1) is 0 Å². The molecule has 0 radical (unpaired) electrons. The molecule has 0 saturated carbocycles. The second-order valence-electron chi connectivity index (χ2n) is 8.28. The molecule has 1 fully saturated rings. The summed E-state index contributed by atoms with van der Waals surface area (Å²) < 4.78 is 3.21. The molecule has 1 unspecified atom stereocenters. The fraction of sp³-hybridized carbons (Fsp3) is 0.435. The van der Waals surface area contributed by atoms with Crippen LogP contribution in [-0.2, 0) is 13.6 Å². The molecule has 0 amide bonds. The first-order valence-electron chi connectivity index (χ1n) is 10.4. The summed E-state index contributed by atoms with van der Waals surface area (Å²) in [6.45, 7) is 8.57. The van der Waals surface area contributed by atoms with Crippen LogP contribution >= 0.6 is 0 Å². The van der Waals surface area contributed by atoms with Crippen molar-refractivity contribution < 1.29 is 0 Å². The number of fused-ring (bicyclic) bond motifs is 1. The van der Waals surface area contributed by atoms with Crippen molar-refractivity contribution in [1.29, 1.82) is 5.26 Å². The normalized spacial score (nSPS) is 21.0. The van der Waals surface area contributed by atoms with Crippen LogP contribution in [0.15, 0.2) is 47.4 Å². The van der Waals surface area contributed by atoms with E-state index < -0.39 is 0 Å². The minimum atomic E-state index is -0.0612. The highest BCUT2D eigenvalue weighted by Gasteiger charge is 2.33. The predicted octanol–water partition coefficient (Wildman–Crippen LogP) is 2.92. The van der Waals surface area contributed by atoms with E-state index in [1.54, 1.807) is 28.6 Å². The number of aromatic nitrogens is 3. The fourth-order valence-corrected chi connectivity index (χ4v) is 4.56. The summed E-state index contributed by atoms with van der Waals surface area (Å²) in [7, 11) is 1.75. The third-order valence-electron chi connectivity index (χ3n) is 6.29. The van der Waals surface area contributed by atoms with Gasteiger partial charge in [0.25, 0.3) is 5.56 Å². The monoisotopic (exact) mass is 404 g/mol. The molecule has 1 saturated heterocycles. The molecule has 0 N–H and O–H groups in total. The van der Waals surface area contributed by atoms with Crippen molar-refractivity contribution in [3.63, 3.8) is 0 Å². The number of hydrogen-bond acceptors (Lipinski definition) is 5. The number of rotatable bonds is 4. The molecule has 4 rings (SSSR count). The van der Waals surface area contributed by atoms with E-state index >= 15 is 0 Å². The molecule has 1 aliphatic heterocycles. The molecular formula is C23H28N6O. The van der Waals surface area contributed by atoms with Gasteiger partial charge in [0.1, 0.15) is 12.1 Å². The lowest BCUT2D eigenvalue weighted by molar-refractivity contribution is 0.119. The van der Waals surface area contributed by atoms with Crippen LogP contribution in [0.1, 0.15) is 32.4 Å². The van der Waals surface area contributed by atoms with Crippen molar-refractivity contribution in [2.75, 3.05) is 18.0 Å². The zero-order valence-corrected chi connectivity index (χ0v) is 18.0. The number of pyridine rings is 1. The topological polar surface area (TPSA) is 70.1 Å². The molecule has 3 aromatic rings. The van der Waals surface area contributed by atoms with E-state index in [2.05, 4.69) is 66.0 Å². The van der Waals surface area contributed by atoms with Gasteiger partial charge in [0.2, 0.25) is 0 Å². The van der Waals surface area contributed by atoms with E-state index in [1.807, 2.05) is 6.07 Å². The summed E-state index contributed by atoms with van der Waals surface area (Å²) in [5.74, 6) is 0. The van der Waals surface area contributed by atoms with Crippen molar-refractivity contribution in [3.05, 3.63) is 58.5 Å². The summed E-state index contributed by atoms with van der Waals surface area (Å²) in [6, 6.07) is 15.3. The standard InChI is InChI=1S/C23H28N6O/c1-16-14-29(17(2)13-28(16)18(3)19-8-6-5-7-9-19)20-12-22(30)26(4)21-15-27(11-10-24)25-23(20)21/h5-9,12,15-18H,11,13-14H2,1-4H3/t16-,17+,18?/m1/s1. The van der Waals surface area contributed by atoms with Crippen LogP contribution in [-0.4, -0.2) is 44.4 Å². The van der Waals surface area contributed by atoms with Gasteiger partial charge in [-0.3, -0.25) is 14.4 Å². The summed E-state index contributed by atoms with van der Waals surface area (Å²) in [6.07, 6.45) is 1.78. The van der Waals surface area contributed by atoms with Crippen LogP contribution in [0.5, 0.6) is 0 Å². The first kappa shape index (κ1) is 20.2. The SMILES string of the molecule is CC(c1ccccc1)N1C[C@H](C)N(c2cc(=O)n(C)c3cn(CC#N)nc23)C[C@H]1C. The average molecular weight is 405 g/mol. The molecule has 2 aromatic heterocycles. The zero-order valence-electron chi connectivity index (χ0n) is 18.0. The van der Waals surface area contributed by atoms with Crippen LogP contribution in [0, 0.1) is 11.3 Å². The van der Waals surface area contributed by atoms with E-state index in [1.165, 1.54) is 5.56 Å². The lowest BCUT2D eigenvalue weighted by Gasteiger charge is -2.47. The number of nitrogens with zero attached hydrogens (tertiary/aromatic N) is 6. The van der Waals surface area contributed by atoms with Gasteiger partial charge in [0.15, 0.2) is 0 Å². The van der Waals surface area contributed by atoms with Crippen molar-refractivity contribution in [2.24, 2.45) is 7.05 Å². The van der Waals surface area contributed by atoms with E-state index in [9.17, 15) is 4.79 Å². The molecule has 1 aromatic carbocycles. The van der Waals surface area contributed by atoms with Crippen LogP contribution in [0.4, 0.5) is 5.69 Å². The van der Waals surface area contributed by atoms with Crippen LogP contribution < -0.4 is 10.5 Å². The maximum absolute atomic E-state index is 12.6. The van der Waals surface area contributed by atoms with Crippen molar-refractivity contribution >= 4 is 16.7 Å². The Kier molecular flexibility index (Phi) is 5.35. The molecule has 7 nitrogen and oxygen atoms in total. The first-order chi connectivity index (χ1) is 14.4. The maximum atomic E-state index is 12.6. The molecule has 3 heterocycles. The Bertz CT molecular complexity index is 1140. The molecular weight excluding hydrogens is 376 g/mol. The number of nitriles is 1. The molecule has 156 valence electrons. The van der Waals surface area contributed by atoms with Gasteiger partial charge in [0.05, 0.1) is 23.5 Å². The van der Waals surface area contributed by atoms with Crippen LogP contribution in [0.3, 0.4) is 0 Å². The molecule has 3 atom stereocenters. The van der Waals surface area contributed by atoms with Gasteiger partial charge < -0.3 is 9.47 Å². The van der Waals surface area contributed by atoms with Gasteiger partial charge >= 0.3 is 0 Å². The van der Waals surface area contributed by atoms with Gasteiger partial charge in [0, 0.05) is 44.3 Å². The molecule has 30 heavy (non-hydrogen) atoms. The Morgan fingerprint density at radius 2 is 1.93 bits per heavy atom. The van der Waals surface area contributed by atoms with Crippen LogP contribution in [0.25, 0.3) is 11.0 Å². The summed E-state index contributed by atoms with van der Waals surface area (Å²) in [5, 5.41) is 13.7. The quantitative estimate of drug-likeness (QED) is 0.669. The second kappa shape index (κ2) is 7.96. The van der Waals surface area contributed by atoms with Crippen LogP contribution in [0.2, 0.25) is 0 Å². The lowest BCUT2D eigenvalue weighted by Crippen LogP contribution is -2.57. The highest BCUT2D eigenvalue weighted by atomic mass is 16.1. The van der Waals surface area contributed by atoms with E-state index in [0.29, 0.717) is 12.1 Å². The summed E-state index contributed by atoms with van der Waals surface area (Å²) in [5.41, 5.74) is 3.64. The highest BCUT2D eigenvalue weighted by molar-refractivity contribution is 5.88. The third kappa shape index (κ3) is 3.48. The first-order valence-corrected chi connectivity index (χ1v) is 10.4. The zero-order chi connectivity index (χ0) is 21.4. The second-order valence-corrected chi connectivity index (χ2v) is 8.28. The van der Waals surface area contributed by atoms with Gasteiger partial charge in [-0.2, -0.15) is 10.4 Å². The van der Waals surface area contributed by atoms with E-state index in [4.69, 9.17) is 5.26 Å². The minimum Gasteiger partial charge on any atom is -0.364 e. The maximum Gasteiger partial charge on any atom is 0.252 e. The number of piperazine rings is 1. The summed E-state index contributed by atoms with van der Waals surface area (Å²) >= 11 is 0. The van der Waals surface area contributed by atoms with Gasteiger partial charge in [-0.25, -0.2) is 0 Å². The molecule has 0 aliphatic carbocycles. The minimum absolute atomic E-state index is 0.0612. The number of anilines is 1. The van der Waals surface area contributed by atoms with Crippen molar-refractivity contribution in [3.8, 4) is 6.07 Å². The molecule has 7 heteroatoms. The van der Waals surface area contributed by atoms with Gasteiger partial charge in [-0.1, -0.05) is 30.3 Å². The molecule has 0 bridgehead atoms. The molecule has 1 aliphatic rings. The lowest BCUT2D eigenvalue weighted by atomic mass is 10.0. The van der Waals surface area contributed by atoms with Gasteiger partial charge in [-0.05, 0) is 26.3 Å². The Morgan fingerprint density at radius 3 is 2.63 bits per heavy atom. The average Bonchev–Trinajstić information content (AvgIpc) is 3.17. The third-order valence-corrected chi connectivity index (χ3v) is 6.29. The predicted molar refractivity (Wildman–Crippen MR) is 118 cm³/mol. The van der Waals surface area contributed by atoms with Crippen molar-refractivity contribution in [2.45, 2.75) is 45.4 Å². The number of aryl methyl sites for hydroxylation is 1. The number of benzene rings is 1. The fourth-order valence-electron chi connectivity index (χ4n) is 4.56. The van der Waals surface area contributed by atoms with E-state index in [0.717, 1.165) is 29.8 Å². The van der Waals surface area contributed by atoms with E-state index in [-0.39, 0.29) is 18.1 Å².